The molecule has 135 valence electrons. The molecule has 0 atom stereocenters. The molecule has 1 amide bonds. The number of fused-ring (bicyclic) bond motifs is 1. The van der Waals surface area contributed by atoms with Gasteiger partial charge in [0.1, 0.15) is 0 Å². The van der Waals surface area contributed by atoms with E-state index in [1.165, 1.54) is 12.1 Å². The number of alkyl halides is 1. The van der Waals surface area contributed by atoms with Gasteiger partial charge in [-0.3, -0.25) is 9.35 Å². The van der Waals surface area contributed by atoms with Gasteiger partial charge in [0.05, 0.1) is 9.32 Å². The molecule has 27 heavy (non-hydrogen) atoms. The zero-order valence-electron chi connectivity index (χ0n) is 14.4. The molecule has 0 aliphatic heterocycles. The average molecular weight is 505 g/mol. The second kappa shape index (κ2) is 9.35. The fourth-order valence-corrected chi connectivity index (χ4v) is 3.17. The molecule has 0 bridgehead atoms. The number of hydrogen-bond donors (Lipinski definition) is 3. The van der Waals surface area contributed by atoms with Crippen LogP contribution in [0.2, 0.25) is 0 Å². The molecule has 6 nitrogen and oxygen atoms in total. The SMILES string of the molecule is O=C(CI)Nc1ccc(Nc2ccc3cc(S(=O)(=O)O)ccc3c2)cc1.[Na]. The smallest absolute Gasteiger partial charge is 0.294 e. The number of anilines is 3. The van der Waals surface area contributed by atoms with Crippen LogP contribution >= 0.6 is 22.6 Å². The predicted molar refractivity (Wildman–Crippen MR) is 117 cm³/mol. The molecule has 1 radical (unpaired) electrons. The van der Waals surface area contributed by atoms with Crippen molar-refractivity contribution >= 4 is 96.0 Å². The Hall–Kier alpha value is -1.17. The molecular weight excluding hydrogens is 490 g/mol. The quantitative estimate of drug-likeness (QED) is 0.212. The van der Waals surface area contributed by atoms with Crippen molar-refractivity contribution in [3.8, 4) is 0 Å². The normalized spacial score (nSPS) is 10.9. The molecule has 0 unspecified atom stereocenters. The van der Waals surface area contributed by atoms with Crippen LogP contribution in [0.25, 0.3) is 10.8 Å². The van der Waals surface area contributed by atoms with Gasteiger partial charge in [-0.2, -0.15) is 8.42 Å². The first kappa shape index (κ1) is 22.1. The van der Waals surface area contributed by atoms with E-state index in [9.17, 15) is 13.2 Å². The Morgan fingerprint density at radius 3 is 2.07 bits per heavy atom. The molecule has 3 aromatic rings. The summed E-state index contributed by atoms with van der Waals surface area (Å²) in [6.45, 7) is 0. The Morgan fingerprint density at radius 1 is 0.889 bits per heavy atom. The van der Waals surface area contributed by atoms with Crippen LogP contribution < -0.4 is 10.6 Å². The molecule has 0 saturated heterocycles. The molecule has 0 aliphatic rings. The third kappa shape index (κ3) is 5.90. The van der Waals surface area contributed by atoms with E-state index in [-0.39, 0.29) is 40.4 Å². The minimum absolute atomic E-state index is 0. The van der Waals surface area contributed by atoms with E-state index in [2.05, 4.69) is 10.6 Å². The van der Waals surface area contributed by atoms with Crippen LogP contribution in [0, 0.1) is 0 Å². The summed E-state index contributed by atoms with van der Waals surface area (Å²) in [4.78, 5) is 11.3. The first-order valence-corrected chi connectivity index (χ1v) is 10.6. The Labute approximate surface area is 192 Å². The monoisotopic (exact) mass is 505 g/mol. The van der Waals surface area contributed by atoms with Gasteiger partial charge in [0.25, 0.3) is 10.1 Å². The van der Waals surface area contributed by atoms with Gasteiger partial charge in [0.2, 0.25) is 5.91 Å². The van der Waals surface area contributed by atoms with E-state index in [0.29, 0.717) is 9.81 Å². The van der Waals surface area contributed by atoms with Crippen LogP contribution in [-0.2, 0) is 14.9 Å². The summed E-state index contributed by atoms with van der Waals surface area (Å²) < 4.78 is 32.0. The van der Waals surface area contributed by atoms with Crippen molar-refractivity contribution in [3.63, 3.8) is 0 Å². The van der Waals surface area contributed by atoms with Crippen molar-refractivity contribution in [1.29, 1.82) is 0 Å². The molecule has 3 aromatic carbocycles. The molecule has 0 heterocycles. The number of nitrogens with one attached hydrogen (secondary N) is 2. The van der Waals surface area contributed by atoms with Crippen molar-refractivity contribution in [2.75, 3.05) is 15.1 Å². The summed E-state index contributed by atoms with van der Waals surface area (Å²) in [6, 6.07) is 17.3. The maximum Gasteiger partial charge on any atom is 0.294 e. The van der Waals surface area contributed by atoms with Gasteiger partial charge in [-0.25, -0.2) is 0 Å². The van der Waals surface area contributed by atoms with Gasteiger partial charge in [-0.1, -0.05) is 34.7 Å². The molecular formula is C18H15IN2NaO4S. The van der Waals surface area contributed by atoms with Crippen LogP contribution in [0.1, 0.15) is 0 Å². The van der Waals surface area contributed by atoms with Gasteiger partial charge in [-0.05, 0) is 59.3 Å². The topological polar surface area (TPSA) is 95.5 Å². The number of amides is 1. The molecule has 0 fully saturated rings. The van der Waals surface area contributed by atoms with E-state index in [4.69, 9.17) is 4.55 Å². The maximum absolute atomic E-state index is 11.4. The summed E-state index contributed by atoms with van der Waals surface area (Å²) in [7, 11) is -4.21. The summed E-state index contributed by atoms with van der Waals surface area (Å²) in [5.41, 5.74) is 2.42. The molecule has 0 aliphatic carbocycles. The van der Waals surface area contributed by atoms with E-state index < -0.39 is 10.1 Å². The first-order valence-electron chi connectivity index (χ1n) is 7.59. The van der Waals surface area contributed by atoms with Crippen LogP contribution in [0.4, 0.5) is 17.1 Å². The van der Waals surface area contributed by atoms with Crippen LogP contribution in [0.15, 0.2) is 65.6 Å². The fraction of sp³-hybridized carbons (Fsp3) is 0.0556. The maximum atomic E-state index is 11.4. The van der Waals surface area contributed by atoms with Crippen LogP contribution in [0.3, 0.4) is 0 Å². The Kier molecular flexibility index (Phi) is 7.66. The molecule has 0 saturated carbocycles. The number of carbonyl (C=O) groups excluding carboxylic acids is 1. The van der Waals surface area contributed by atoms with Gasteiger partial charge < -0.3 is 10.6 Å². The third-order valence-corrected chi connectivity index (χ3v) is 5.23. The van der Waals surface area contributed by atoms with Crippen LogP contribution in [0.5, 0.6) is 0 Å². The van der Waals surface area contributed by atoms with Gasteiger partial charge in [0, 0.05) is 46.6 Å². The van der Waals surface area contributed by atoms with E-state index in [0.717, 1.165) is 22.4 Å². The van der Waals surface area contributed by atoms with Gasteiger partial charge >= 0.3 is 0 Å². The molecule has 3 N–H and O–H groups in total. The van der Waals surface area contributed by atoms with Gasteiger partial charge in [0.15, 0.2) is 0 Å². The number of rotatable bonds is 5. The first-order chi connectivity index (χ1) is 12.3. The Balaban J connectivity index is 0.00000261. The largest absolute Gasteiger partial charge is 0.356 e. The predicted octanol–water partition coefficient (Wildman–Crippen LogP) is 3.82. The molecule has 0 spiro atoms. The van der Waals surface area contributed by atoms with Crippen molar-refractivity contribution in [1.82, 2.24) is 0 Å². The molecule has 3 rings (SSSR count). The van der Waals surface area contributed by atoms with Crippen molar-refractivity contribution in [2.24, 2.45) is 0 Å². The zero-order valence-corrected chi connectivity index (χ0v) is 19.4. The minimum atomic E-state index is -4.21. The second-order valence-corrected chi connectivity index (χ2v) is 7.77. The van der Waals surface area contributed by atoms with E-state index in [1.54, 1.807) is 12.1 Å². The van der Waals surface area contributed by atoms with E-state index in [1.807, 2.05) is 59.0 Å². The molecule has 9 heteroatoms. The summed E-state index contributed by atoms with van der Waals surface area (Å²) in [6.07, 6.45) is 0. The number of benzene rings is 3. The van der Waals surface area contributed by atoms with Crippen molar-refractivity contribution in [3.05, 3.63) is 60.7 Å². The van der Waals surface area contributed by atoms with Crippen molar-refractivity contribution in [2.45, 2.75) is 4.90 Å². The van der Waals surface area contributed by atoms with Gasteiger partial charge in [-0.15, -0.1) is 0 Å². The number of halogens is 1. The molecule has 0 aromatic heterocycles. The summed E-state index contributed by atoms with van der Waals surface area (Å²) >= 11 is 2.00. The Morgan fingerprint density at radius 2 is 1.44 bits per heavy atom. The number of carbonyl (C=O) groups is 1. The zero-order chi connectivity index (χ0) is 18.7. The van der Waals surface area contributed by atoms with Crippen LogP contribution in [-0.4, -0.2) is 52.9 Å². The fourth-order valence-electron chi connectivity index (χ4n) is 2.46. The average Bonchev–Trinajstić information content (AvgIpc) is 2.62. The summed E-state index contributed by atoms with van der Waals surface area (Å²) in [5.74, 6) is -0.0508. The number of hydrogen-bond acceptors (Lipinski definition) is 4. The minimum Gasteiger partial charge on any atom is -0.356 e. The standard InChI is InChI=1S/C18H15IN2O4S.Na/c19-11-18(22)21-15-6-4-14(5-7-15)20-16-3-1-13-10-17(26(23,24)25)8-2-12(13)9-16;/h1-10,20H,11H2,(H,21,22)(H,23,24,25);. The second-order valence-electron chi connectivity index (χ2n) is 5.58. The third-order valence-electron chi connectivity index (χ3n) is 3.69. The van der Waals surface area contributed by atoms with Crippen molar-refractivity contribution < 1.29 is 17.8 Å². The Bertz CT molecular complexity index is 1070. The summed E-state index contributed by atoms with van der Waals surface area (Å²) in [5, 5.41) is 7.59. The van der Waals surface area contributed by atoms with E-state index >= 15 is 0 Å².